The second-order valence-corrected chi connectivity index (χ2v) is 5.58. The van der Waals surface area contributed by atoms with Crippen molar-refractivity contribution in [3.63, 3.8) is 0 Å². The van der Waals surface area contributed by atoms with E-state index in [4.69, 9.17) is 11.6 Å². The highest BCUT2D eigenvalue weighted by Crippen LogP contribution is 2.33. The summed E-state index contributed by atoms with van der Waals surface area (Å²) in [5.41, 5.74) is 1.76. The number of thiazole rings is 1. The van der Waals surface area contributed by atoms with E-state index in [1.165, 1.54) is 11.3 Å². The van der Waals surface area contributed by atoms with Crippen LogP contribution in [0.1, 0.15) is 16.1 Å². The zero-order valence-electron chi connectivity index (χ0n) is 10.7. The molecule has 0 atom stereocenters. The molecule has 0 unspecified atom stereocenters. The van der Waals surface area contributed by atoms with Crippen molar-refractivity contribution >= 4 is 28.8 Å². The number of anilines is 1. The Kier molecular flexibility index (Phi) is 4.19. The number of nitrogens with zero attached hydrogens (tertiary/aromatic N) is 3. The van der Waals surface area contributed by atoms with Crippen molar-refractivity contribution in [1.82, 2.24) is 9.97 Å². The van der Waals surface area contributed by atoms with E-state index in [1.54, 1.807) is 17.5 Å². The highest BCUT2D eigenvalue weighted by Gasteiger charge is 2.31. The van der Waals surface area contributed by atoms with E-state index >= 15 is 0 Å². The Morgan fingerprint density at radius 1 is 1.35 bits per heavy atom. The predicted octanol–water partition coefficient (Wildman–Crippen LogP) is 4.16. The molecule has 2 aromatic heterocycles. The summed E-state index contributed by atoms with van der Waals surface area (Å²) in [7, 11) is 1.66. The van der Waals surface area contributed by atoms with Gasteiger partial charge in [0.15, 0.2) is 0 Å². The number of aryl methyl sites for hydroxylation is 1. The van der Waals surface area contributed by atoms with Crippen molar-refractivity contribution in [2.45, 2.75) is 19.6 Å². The maximum absolute atomic E-state index is 12.7. The summed E-state index contributed by atoms with van der Waals surface area (Å²) in [6, 6.07) is 1.80. The number of hydrogen-bond donors (Lipinski definition) is 0. The summed E-state index contributed by atoms with van der Waals surface area (Å²) < 4.78 is 38.2. The number of pyridine rings is 1. The molecule has 0 aromatic carbocycles. The second kappa shape index (κ2) is 5.57. The molecular weight excluding hydrogens is 311 g/mol. The Morgan fingerprint density at radius 3 is 2.60 bits per heavy atom. The topological polar surface area (TPSA) is 29.0 Å². The summed E-state index contributed by atoms with van der Waals surface area (Å²) in [6.07, 6.45) is -4.44. The monoisotopic (exact) mass is 321 g/mol. The van der Waals surface area contributed by atoms with Gasteiger partial charge in [-0.15, -0.1) is 11.3 Å². The number of rotatable bonds is 3. The lowest BCUT2D eigenvalue weighted by Gasteiger charge is -2.19. The first-order valence-corrected chi connectivity index (χ1v) is 6.88. The molecule has 0 bridgehead atoms. The van der Waals surface area contributed by atoms with Crippen molar-refractivity contribution in [3.05, 3.63) is 38.9 Å². The van der Waals surface area contributed by atoms with Crippen LogP contribution >= 0.6 is 22.9 Å². The van der Waals surface area contributed by atoms with Crippen LogP contribution in [0.4, 0.5) is 19.0 Å². The van der Waals surface area contributed by atoms with Crippen molar-refractivity contribution in [3.8, 4) is 0 Å². The van der Waals surface area contributed by atoms with Crippen molar-refractivity contribution in [2.24, 2.45) is 0 Å². The van der Waals surface area contributed by atoms with E-state index in [9.17, 15) is 13.2 Å². The molecule has 2 aromatic rings. The molecule has 0 aliphatic carbocycles. The van der Waals surface area contributed by atoms with E-state index < -0.39 is 11.7 Å². The van der Waals surface area contributed by atoms with Crippen LogP contribution in [0, 0.1) is 6.92 Å². The fraction of sp³-hybridized carbons (Fsp3) is 0.333. The van der Waals surface area contributed by atoms with E-state index in [1.807, 2.05) is 6.92 Å². The molecule has 0 amide bonds. The quantitative estimate of drug-likeness (QED) is 0.795. The molecular formula is C12H11ClF3N3S. The lowest BCUT2D eigenvalue weighted by Crippen LogP contribution is -2.19. The third kappa shape index (κ3) is 3.40. The van der Waals surface area contributed by atoms with Crippen LogP contribution < -0.4 is 4.90 Å². The van der Waals surface area contributed by atoms with Crippen LogP contribution in [-0.4, -0.2) is 17.0 Å². The van der Waals surface area contributed by atoms with Gasteiger partial charge in [0, 0.05) is 11.9 Å². The maximum atomic E-state index is 12.7. The van der Waals surface area contributed by atoms with Gasteiger partial charge in [-0.05, 0) is 19.1 Å². The third-order valence-electron chi connectivity index (χ3n) is 2.72. The van der Waals surface area contributed by atoms with E-state index in [2.05, 4.69) is 9.97 Å². The zero-order valence-corrected chi connectivity index (χ0v) is 12.3. The summed E-state index contributed by atoms with van der Waals surface area (Å²) in [4.78, 5) is 10.6. The van der Waals surface area contributed by atoms with Crippen LogP contribution in [0.25, 0.3) is 0 Å². The maximum Gasteiger partial charge on any atom is 0.416 e. The van der Waals surface area contributed by atoms with Gasteiger partial charge in [0.05, 0.1) is 23.3 Å². The molecule has 0 aliphatic heterocycles. The second-order valence-electron chi connectivity index (χ2n) is 4.25. The minimum absolute atomic E-state index is 0.178. The molecule has 20 heavy (non-hydrogen) atoms. The van der Waals surface area contributed by atoms with Gasteiger partial charge in [-0.2, -0.15) is 13.2 Å². The Bertz CT molecular complexity index is 612. The molecule has 0 radical (unpaired) electrons. The highest BCUT2D eigenvalue weighted by atomic mass is 35.5. The summed E-state index contributed by atoms with van der Waals surface area (Å²) in [5.74, 6) is 0.178. The SMILES string of the molecule is Cc1ncsc1CN(C)c1cc(C(F)(F)F)cc(Cl)n1. The molecule has 0 aliphatic rings. The molecule has 3 nitrogen and oxygen atoms in total. The van der Waals surface area contributed by atoms with Gasteiger partial charge in [-0.3, -0.25) is 0 Å². The smallest absolute Gasteiger partial charge is 0.354 e. The minimum atomic E-state index is -4.44. The van der Waals surface area contributed by atoms with Gasteiger partial charge < -0.3 is 4.90 Å². The molecule has 0 fully saturated rings. The van der Waals surface area contributed by atoms with Crippen LogP contribution in [0.5, 0.6) is 0 Å². The van der Waals surface area contributed by atoms with Crippen LogP contribution in [0.3, 0.4) is 0 Å². The first-order valence-electron chi connectivity index (χ1n) is 5.62. The molecule has 0 N–H and O–H groups in total. The Morgan fingerprint density at radius 2 is 2.05 bits per heavy atom. The summed E-state index contributed by atoms with van der Waals surface area (Å²) in [6.45, 7) is 2.29. The first-order chi connectivity index (χ1) is 9.27. The fourth-order valence-corrected chi connectivity index (χ4v) is 2.65. The predicted molar refractivity (Wildman–Crippen MR) is 73.2 cm³/mol. The molecule has 108 valence electrons. The highest BCUT2D eigenvalue weighted by molar-refractivity contribution is 7.09. The van der Waals surface area contributed by atoms with Gasteiger partial charge in [0.2, 0.25) is 0 Å². The largest absolute Gasteiger partial charge is 0.416 e. The molecule has 2 rings (SSSR count). The first kappa shape index (κ1) is 15.1. The zero-order chi connectivity index (χ0) is 14.9. The van der Waals surface area contributed by atoms with Gasteiger partial charge in [-0.25, -0.2) is 9.97 Å². The van der Waals surface area contributed by atoms with Gasteiger partial charge >= 0.3 is 6.18 Å². The summed E-state index contributed by atoms with van der Waals surface area (Å²) >= 11 is 7.12. The minimum Gasteiger partial charge on any atom is -0.354 e. The average molecular weight is 322 g/mol. The van der Waals surface area contributed by atoms with E-state index in [-0.39, 0.29) is 11.0 Å². The average Bonchev–Trinajstić information content (AvgIpc) is 2.73. The molecule has 8 heteroatoms. The Balaban J connectivity index is 2.28. The van der Waals surface area contributed by atoms with E-state index in [0.29, 0.717) is 6.54 Å². The standard InChI is InChI=1S/C12H11ClF3N3S/c1-7-9(20-6-17-7)5-19(2)11-4-8(12(14,15)16)3-10(13)18-11/h3-4,6H,5H2,1-2H3. The van der Waals surface area contributed by atoms with Crippen molar-refractivity contribution in [2.75, 3.05) is 11.9 Å². The van der Waals surface area contributed by atoms with Crippen molar-refractivity contribution in [1.29, 1.82) is 0 Å². The van der Waals surface area contributed by atoms with Gasteiger partial charge in [0.25, 0.3) is 0 Å². The number of alkyl halides is 3. The van der Waals surface area contributed by atoms with Crippen LogP contribution in [0.15, 0.2) is 17.6 Å². The Labute approximate surface area is 123 Å². The van der Waals surface area contributed by atoms with Crippen molar-refractivity contribution < 1.29 is 13.2 Å². The Hall–Kier alpha value is -1.34. The fourth-order valence-electron chi connectivity index (χ4n) is 1.62. The molecule has 0 saturated carbocycles. The number of aromatic nitrogens is 2. The molecule has 0 spiro atoms. The molecule has 0 saturated heterocycles. The number of halogens is 4. The lowest BCUT2D eigenvalue weighted by atomic mass is 10.2. The van der Waals surface area contributed by atoms with Crippen LogP contribution in [0.2, 0.25) is 5.15 Å². The van der Waals surface area contributed by atoms with E-state index in [0.717, 1.165) is 22.7 Å². The summed E-state index contributed by atoms with van der Waals surface area (Å²) in [5, 5.41) is -0.178. The number of hydrogen-bond acceptors (Lipinski definition) is 4. The normalized spacial score (nSPS) is 11.7. The third-order valence-corrected chi connectivity index (χ3v) is 3.84. The molecule has 2 heterocycles. The lowest BCUT2D eigenvalue weighted by molar-refractivity contribution is -0.137. The van der Waals surface area contributed by atoms with Gasteiger partial charge in [-0.1, -0.05) is 11.6 Å². The van der Waals surface area contributed by atoms with Crippen LogP contribution in [-0.2, 0) is 12.7 Å². The van der Waals surface area contributed by atoms with Gasteiger partial charge in [0.1, 0.15) is 11.0 Å².